The number of hydrogen-bond acceptors (Lipinski definition) is 8. The van der Waals surface area contributed by atoms with Crippen molar-refractivity contribution in [2.45, 2.75) is 70.8 Å². The second kappa shape index (κ2) is 24.6. The molecule has 2 aromatic rings. The Labute approximate surface area is 333 Å². The first kappa shape index (κ1) is 44.6. The number of methoxy groups -OCH3 is 1. The molecule has 2 aliphatic heterocycles. The Balaban J connectivity index is 0.000000569. The summed E-state index contributed by atoms with van der Waals surface area (Å²) in [5.74, 6) is 2.78. The molecule has 1 aliphatic carbocycles. The zero-order valence-corrected chi connectivity index (χ0v) is 34.3. The number of amides is 1. The van der Waals surface area contributed by atoms with Gasteiger partial charge in [-0.05, 0) is 130 Å². The van der Waals surface area contributed by atoms with Gasteiger partial charge in [-0.25, -0.2) is 0 Å². The molecule has 4 atom stereocenters. The van der Waals surface area contributed by atoms with Gasteiger partial charge in [0.05, 0.1) is 25.0 Å². The minimum atomic E-state index is 0. The molecule has 272 valence electrons. The normalized spacial score (nSPS) is 22.2. The van der Waals surface area contributed by atoms with E-state index in [2.05, 4.69) is 59.8 Å². The van der Waals surface area contributed by atoms with Gasteiger partial charge in [-0.2, -0.15) is 19.0 Å². The average Bonchev–Trinajstić information content (AvgIpc) is 3.55. The Morgan fingerprint density at radius 2 is 1.98 bits per heavy atom. The number of fused-ring (bicyclic) bond motifs is 2. The number of nitrogens with one attached hydrogen (secondary N) is 1. The molecule has 2 heterocycles. The summed E-state index contributed by atoms with van der Waals surface area (Å²) in [6, 6.07) is 12.1. The van der Waals surface area contributed by atoms with Crippen LogP contribution in [0.5, 0.6) is 5.75 Å². The number of halogens is 1. The van der Waals surface area contributed by atoms with Crippen LogP contribution in [0.25, 0.3) is 0 Å². The number of aryl methyl sites for hydroxylation is 1. The molecule has 8 nitrogen and oxygen atoms in total. The Kier molecular flexibility index (Phi) is 22.0. The Morgan fingerprint density at radius 1 is 1.16 bits per heavy atom. The zero-order chi connectivity index (χ0) is 35.5. The van der Waals surface area contributed by atoms with Crippen LogP contribution in [-0.2, 0) is 27.1 Å². The molecule has 0 bridgehead atoms. The summed E-state index contributed by atoms with van der Waals surface area (Å²) in [7, 11) is 3.32. The molecule has 11 heteroatoms. The van der Waals surface area contributed by atoms with Gasteiger partial charge in [0.2, 0.25) is 0 Å². The quantitative estimate of drug-likeness (QED) is 0.0579. The van der Waals surface area contributed by atoms with Crippen molar-refractivity contribution in [2.24, 2.45) is 23.0 Å². The number of rotatable bonds is 12. The molecular weight excluding hydrogens is 681 g/mol. The van der Waals surface area contributed by atoms with Crippen molar-refractivity contribution in [3.63, 3.8) is 0 Å². The second-order valence-electron chi connectivity index (χ2n) is 13.3. The van der Waals surface area contributed by atoms with Crippen LogP contribution in [0.4, 0.5) is 5.69 Å². The molecule has 1 saturated heterocycles. The number of allylic oxidation sites excluding steroid dienone is 1. The molecule has 0 aromatic heterocycles. The standard InChI is InChI=1S/C31H40ClNO3S.C7H12NO2.CH5N.Na/c1-35-30(8-3-2-6-18-37)28-13-11-26(28)21-33-16-15-24-10-12-27(32)20-25(24)7-4-5-17-36-31-14-9-23(22-34)19-29(31)33;1-7(4-8-6-9)2-3-10-5-7;1-2;/h3,8-10,12,14,19-20,22,26,28,30,37H,2,4-7,11,13,15-18,21H2,1H3;2-5H2,1H3,(H,8,9);2H2,1H3;/q;-1;;+1/b8-3+;;;/t26-,28+,30-;;;/m0.../s1. The summed E-state index contributed by atoms with van der Waals surface area (Å²) in [6.07, 6.45) is 16.7. The van der Waals surface area contributed by atoms with Crippen LogP contribution in [0.15, 0.2) is 48.6 Å². The molecule has 2 aromatic carbocycles. The van der Waals surface area contributed by atoms with Crippen LogP contribution in [0.1, 0.15) is 73.4 Å². The summed E-state index contributed by atoms with van der Waals surface area (Å²) >= 11 is 10.7. The van der Waals surface area contributed by atoms with E-state index in [4.69, 9.17) is 25.8 Å². The first-order chi connectivity index (χ1) is 23.9. The monoisotopic (exact) mass is 737 g/mol. The van der Waals surface area contributed by atoms with Crippen molar-refractivity contribution < 1.29 is 53.4 Å². The zero-order valence-electron chi connectivity index (χ0n) is 30.6. The third kappa shape index (κ3) is 14.1. The molecule has 50 heavy (non-hydrogen) atoms. The van der Waals surface area contributed by atoms with Gasteiger partial charge < -0.3 is 35.0 Å². The SMILES string of the molecule is CC1(CN[C-]=O)CCOC1.CN.CO[C@@H](/C=C/CCCS)[C@@H]1CC[C@H]1CN1CCc2ccc(Cl)cc2CCCCOc2ccc(C=O)cc21.[Na+]. The van der Waals surface area contributed by atoms with Gasteiger partial charge in [0.25, 0.3) is 0 Å². The number of nitrogens with two attached hydrogens (primary N) is 1. The number of nitrogens with zero attached hydrogens (tertiary/aromatic N) is 1. The van der Waals surface area contributed by atoms with E-state index in [9.17, 15) is 9.59 Å². The molecule has 3 aliphatic rings. The maximum absolute atomic E-state index is 11.7. The largest absolute Gasteiger partial charge is 1.00 e. The van der Waals surface area contributed by atoms with Crippen LogP contribution in [0, 0.1) is 17.3 Å². The van der Waals surface area contributed by atoms with E-state index in [0.29, 0.717) is 30.6 Å². The number of ether oxygens (including phenoxy) is 3. The van der Waals surface area contributed by atoms with Gasteiger partial charge in [-0.1, -0.05) is 36.7 Å². The van der Waals surface area contributed by atoms with E-state index < -0.39 is 0 Å². The first-order valence-corrected chi connectivity index (χ1v) is 18.7. The molecule has 1 saturated carbocycles. The van der Waals surface area contributed by atoms with Crippen LogP contribution >= 0.6 is 24.2 Å². The number of carbonyl (C=O) groups is 1. The van der Waals surface area contributed by atoms with E-state index in [0.717, 1.165) is 99.7 Å². The van der Waals surface area contributed by atoms with Gasteiger partial charge in [-0.3, -0.25) is 4.79 Å². The third-order valence-electron chi connectivity index (χ3n) is 9.74. The first-order valence-electron chi connectivity index (χ1n) is 17.7. The van der Waals surface area contributed by atoms with Gasteiger partial charge in [-0.15, -0.1) is 0 Å². The van der Waals surface area contributed by atoms with Gasteiger partial charge in [0.15, 0.2) is 0 Å². The topological polar surface area (TPSA) is 103 Å². The Bertz CT molecular complexity index is 1310. The van der Waals surface area contributed by atoms with Gasteiger partial charge >= 0.3 is 29.6 Å². The van der Waals surface area contributed by atoms with E-state index in [1.165, 1.54) is 31.0 Å². The van der Waals surface area contributed by atoms with Crippen LogP contribution in [-0.4, -0.2) is 78.2 Å². The number of benzene rings is 2. The smallest absolute Gasteiger partial charge is 0.529 e. The molecule has 0 spiro atoms. The summed E-state index contributed by atoms with van der Waals surface area (Å²) in [5, 5.41) is 3.34. The molecule has 1 unspecified atom stereocenters. The summed E-state index contributed by atoms with van der Waals surface area (Å²) < 4.78 is 17.4. The Hall–Kier alpha value is -1.56. The summed E-state index contributed by atoms with van der Waals surface area (Å²) in [6.45, 7) is 6.77. The van der Waals surface area contributed by atoms with Crippen molar-refractivity contribution in [2.75, 3.05) is 64.3 Å². The maximum atomic E-state index is 11.7. The molecule has 3 N–H and O–H groups in total. The minimum Gasteiger partial charge on any atom is -0.529 e. The van der Waals surface area contributed by atoms with Crippen molar-refractivity contribution >= 4 is 42.6 Å². The second-order valence-corrected chi connectivity index (χ2v) is 14.2. The summed E-state index contributed by atoms with van der Waals surface area (Å²) in [5.41, 5.74) is 9.04. The van der Waals surface area contributed by atoms with Crippen LogP contribution in [0.2, 0.25) is 5.02 Å². The number of anilines is 1. The van der Waals surface area contributed by atoms with Gasteiger partial charge in [0, 0.05) is 42.8 Å². The molecule has 0 radical (unpaired) electrons. The van der Waals surface area contributed by atoms with Crippen molar-refractivity contribution in [1.29, 1.82) is 0 Å². The van der Waals surface area contributed by atoms with Crippen LogP contribution < -0.4 is 50.2 Å². The Morgan fingerprint density at radius 3 is 2.64 bits per heavy atom. The fourth-order valence-electron chi connectivity index (χ4n) is 6.68. The fraction of sp³-hybridized carbons (Fsp3) is 0.590. The predicted molar refractivity (Wildman–Crippen MR) is 204 cm³/mol. The van der Waals surface area contributed by atoms with Crippen molar-refractivity contribution in [3.8, 4) is 5.75 Å². The third-order valence-corrected chi connectivity index (χ3v) is 10.3. The average molecular weight is 738 g/mol. The van der Waals surface area contributed by atoms with E-state index in [1.54, 1.807) is 6.41 Å². The fourth-order valence-corrected chi connectivity index (χ4v) is 7.06. The molecule has 2 fully saturated rings. The number of unbranched alkanes of at least 4 members (excludes halogenated alkanes) is 1. The number of hydrogen-bond donors (Lipinski definition) is 3. The minimum absolute atomic E-state index is 0. The predicted octanol–water partition coefficient (Wildman–Crippen LogP) is 3.87. The molecule has 1 amide bonds. The molecule has 5 rings (SSSR count). The van der Waals surface area contributed by atoms with E-state index in [-0.39, 0.29) is 41.1 Å². The van der Waals surface area contributed by atoms with Crippen molar-refractivity contribution in [1.82, 2.24) is 5.32 Å². The number of carbonyl (C=O) groups excluding carboxylic acids is 2. The summed E-state index contributed by atoms with van der Waals surface area (Å²) in [4.78, 5) is 24.0. The number of thiol groups is 1. The molecular formula is C39H57ClN3NaO5S. The van der Waals surface area contributed by atoms with Gasteiger partial charge in [0.1, 0.15) is 12.0 Å². The maximum Gasteiger partial charge on any atom is 1.00 e. The van der Waals surface area contributed by atoms with E-state index >= 15 is 0 Å². The van der Waals surface area contributed by atoms with E-state index in [1.807, 2.05) is 31.4 Å². The van der Waals surface area contributed by atoms with Crippen LogP contribution in [0.3, 0.4) is 0 Å². The van der Waals surface area contributed by atoms with Crippen molar-refractivity contribution in [3.05, 3.63) is 70.3 Å². The number of aldehydes is 1.